The fourth-order valence-corrected chi connectivity index (χ4v) is 18.7. The minimum Gasteiger partial charge on any atom is -0.456 e. The molecule has 10 aliphatic carbocycles. The molecule has 338 valence electrons. The highest BCUT2D eigenvalue weighted by molar-refractivity contribution is 6.06. The van der Waals surface area contributed by atoms with Crippen LogP contribution < -0.4 is 4.90 Å². The zero-order valence-electron chi connectivity index (χ0n) is 39.6. The molecule has 0 N–H and O–H groups in total. The van der Waals surface area contributed by atoms with Crippen LogP contribution in [0.1, 0.15) is 132 Å². The molecule has 0 saturated heterocycles. The summed E-state index contributed by atoms with van der Waals surface area (Å²) in [4.78, 5) is 2.53. The summed E-state index contributed by atoms with van der Waals surface area (Å²) in [7, 11) is 0. The van der Waals surface area contributed by atoms with E-state index >= 15 is 0 Å². The van der Waals surface area contributed by atoms with Gasteiger partial charge >= 0.3 is 0 Å². The molecule has 5 fully saturated rings. The smallest absolute Gasteiger partial charge is 0.137 e. The number of hydrogen-bond donors (Lipinski definition) is 0. The minimum absolute atomic E-state index is 0.434. The Morgan fingerprint density at radius 2 is 0.957 bits per heavy atom. The normalized spacial score (nSPS) is 30.1. The third-order valence-electron chi connectivity index (χ3n) is 21.2. The van der Waals surface area contributed by atoms with Gasteiger partial charge in [0.1, 0.15) is 11.2 Å². The van der Waals surface area contributed by atoms with E-state index in [-0.39, 0.29) is 0 Å². The summed E-state index contributed by atoms with van der Waals surface area (Å²) in [5.74, 6) is 6.45. The third-order valence-corrected chi connectivity index (χ3v) is 21.2. The van der Waals surface area contributed by atoms with E-state index < -0.39 is 5.41 Å². The van der Waals surface area contributed by atoms with Gasteiger partial charge in [-0.2, -0.15) is 0 Å². The van der Waals surface area contributed by atoms with Gasteiger partial charge in [0.25, 0.3) is 0 Å². The van der Waals surface area contributed by atoms with Crippen molar-refractivity contribution < 1.29 is 4.42 Å². The van der Waals surface area contributed by atoms with E-state index in [1.807, 2.05) is 0 Å². The Hall–Kier alpha value is -6.64. The van der Waals surface area contributed by atoms with Gasteiger partial charge in [-0.1, -0.05) is 121 Å². The predicted molar refractivity (Wildman–Crippen MR) is 284 cm³/mol. The van der Waals surface area contributed by atoms with Crippen molar-refractivity contribution in [1.29, 1.82) is 0 Å². The lowest BCUT2D eigenvalue weighted by Gasteiger charge is -2.48. The van der Waals surface area contributed by atoms with Crippen LogP contribution in [0.3, 0.4) is 0 Å². The maximum atomic E-state index is 6.67. The largest absolute Gasteiger partial charge is 0.456 e. The SMILES string of the molecule is c1ccc(-c2ccccc2N(c2ccc3c(c2)C2(c4ccccc4-3)c3cc4c(cc3-c3cc5c(cc32)C2CC3CC6CC5CC63C2)C2CC3CC(C2)CC4C3)c2ccc3c(c2)oc2ccccc23)cc1. The molecule has 19 rings (SSSR count). The quantitative estimate of drug-likeness (QED) is 0.175. The first-order chi connectivity index (χ1) is 34.6. The summed E-state index contributed by atoms with van der Waals surface area (Å²) in [6.07, 6.45) is 14.2. The molecular weight excluding hydrogens is 847 g/mol. The molecule has 8 atom stereocenters. The molecule has 2 heteroatoms. The highest BCUT2D eigenvalue weighted by Crippen LogP contribution is 2.77. The van der Waals surface area contributed by atoms with Crippen molar-refractivity contribution >= 4 is 39.0 Å². The summed E-state index contributed by atoms with van der Waals surface area (Å²) < 4.78 is 6.67. The maximum absolute atomic E-state index is 6.67. The van der Waals surface area contributed by atoms with Gasteiger partial charge in [-0.3, -0.25) is 0 Å². The van der Waals surface area contributed by atoms with E-state index in [0.717, 1.165) is 57.0 Å². The number of furan rings is 1. The van der Waals surface area contributed by atoms with Crippen molar-refractivity contribution in [3.63, 3.8) is 0 Å². The van der Waals surface area contributed by atoms with Gasteiger partial charge in [0.05, 0.1) is 11.1 Å². The first-order valence-electron chi connectivity index (χ1n) is 27.0. The molecule has 1 heterocycles. The summed E-state index contributed by atoms with van der Waals surface area (Å²) in [5.41, 5.74) is 26.6. The molecule has 70 heavy (non-hydrogen) atoms. The number of fused-ring (bicyclic) bond motifs is 18. The van der Waals surface area contributed by atoms with E-state index in [2.05, 4.69) is 169 Å². The Bertz CT molecular complexity index is 3770. The lowest BCUT2D eigenvalue weighted by Crippen LogP contribution is -2.41. The van der Waals surface area contributed by atoms with E-state index in [4.69, 9.17) is 4.42 Å². The van der Waals surface area contributed by atoms with Crippen LogP contribution in [-0.4, -0.2) is 0 Å². The molecule has 2 nitrogen and oxygen atoms in total. The van der Waals surface area contributed by atoms with E-state index in [1.54, 1.807) is 44.5 Å². The molecule has 9 aromatic rings. The van der Waals surface area contributed by atoms with Crippen LogP contribution in [0.25, 0.3) is 55.3 Å². The van der Waals surface area contributed by atoms with Gasteiger partial charge in [0, 0.05) is 33.8 Å². The van der Waals surface area contributed by atoms with Crippen LogP contribution in [0, 0.1) is 29.1 Å². The average Bonchev–Trinajstić information content (AvgIpc) is 4.12. The molecule has 2 spiro atoms. The van der Waals surface area contributed by atoms with E-state index in [0.29, 0.717) is 29.1 Å². The van der Waals surface area contributed by atoms with Crippen molar-refractivity contribution in [2.75, 3.05) is 4.90 Å². The van der Waals surface area contributed by atoms with Gasteiger partial charge < -0.3 is 9.32 Å². The second kappa shape index (κ2) is 13.2. The van der Waals surface area contributed by atoms with Crippen molar-refractivity contribution in [3.8, 4) is 33.4 Å². The summed E-state index contributed by atoms with van der Waals surface area (Å²) in [6, 6.07) is 63.9. The summed E-state index contributed by atoms with van der Waals surface area (Å²) in [5, 5.41) is 2.31. The third kappa shape index (κ3) is 4.69. The Labute approximate surface area is 410 Å². The molecule has 5 saturated carbocycles. The zero-order chi connectivity index (χ0) is 45.2. The lowest BCUT2D eigenvalue weighted by molar-refractivity contribution is 0.00322. The number of hydrogen-bond acceptors (Lipinski definition) is 2. The van der Waals surface area contributed by atoms with Crippen LogP contribution in [0.5, 0.6) is 0 Å². The van der Waals surface area contributed by atoms with Crippen LogP contribution in [0.2, 0.25) is 0 Å². The topological polar surface area (TPSA) is 16.4 Å². The molecule has 10 aliphatic rings. The van der Waals surface area contributed by atoms with Crippen LogP contribution in [0.4, 0.5) is 17.1 Å². The Kier molecular flexibility index (Phi) is 7.20. The fraction of sp³-hybridized carbons (Fsp3) is 0.294. The van der Waals surface area contributed by atoms with Gasteiger partial charge in [0.2, 0.25) is 0 Å². The Morgan fingerprint density at radius 3 is 1.73 bits per heavy atom. The zero-order valence-corrected chi connectivity index (χ0v) is 39.6. The molecule has 7 bridgehead atoms. The Morgan fingerprint density at radius 1 is 0.386 bits per heavy atom. The second-order valence-electron chi connectivity index (χ2n) is 24.0. The van der Waals surface area contributed by atoms with Crippen LogP contribution in [0.15, 0.2) is 168 Å². The first kappa shape index (κ1) is 38.2. The van der Waals surface area contributed by atoms with Crippen molar-refractivity contribution in [3.05, 3.63) is 208 Å². The highest BCUT2D eigenvalue weighted by Gasteiger charge is 2.66. The molecule has 0 radical (unpaired) electrons. The lowest BCUT2D eigenvalue weighted by atomic mass is 9.56. The monoisotopic (exact) mass is 901 g/mol. The maximum Gasteiger partial charge on any atom is 0.137 e. The summed E-state index contributed by atoms with van der Waals surface area (Å²) in [6.45, 7) is 0. The number of para-hydroxylation sites is 2. The van der Waals surface area contributed by atoms with E-state index in [1.165, 1.54) is 103 Å². The highest BCUT2D eigenvalue weighted by atomic mass is 16.3. The molecule has 0 aliphatic heterocycles. The van der Waals surface area contributed by atoms with Gasteiger partial charge in [0.15, 0.2) is 0 Å². The number of benzene rings is 8. The molecular formula is C68H55NO. The fourth-order valence-electron chi connectivity index (χ4n) is 18.7. The van der Waals surface area contributed by atoms with Gasteiger partial charge in [-0.25, -0.2) is 0 Å². The Balaban J connectivity index is 0.920. The second-order valence-corrected chi connectivity index (χ2v) is 24.0. The molecule has 8 unspecified atom stereocenters. The molecule has 1 aromatic heterocycles. The predicted octanol–water partition coefficient (Wildman–Crippen LogP) is 17.8. The van der Waals surface area contributed by atoms with E-state index in [9.17, 15) is 0 Å². The standard InChI is InChI=1S/C68H55NO/c1-2-10-40(11-3-1)49-12-5-8-16-64(49)69(48-19-21-53-52-14-6-9-17-65(52)70-66(53)31-48)47-18-20-51-50-13-4-7-15-60(50)68(61(51)30-47)62-34-56-42-25-38-22-39(26-42)24-41(23-38)54(56)32-58(62)59-33-55-43-27-45-29-46-28-44(37-67(45,46)36-43)57(55)35-63(59)68/h1-21,30-35,38-39,41-46H,22-29,36-37H2. The van der Waals surface area contributed by atoms with Crippen molar-refractivity contribution in [1.82, 2.24) is 0 Å². The average molecular weight is 902 g/mol. The van der Waals surface area contributed by atoms with Gasteiger partial charge in [-0.05, 0) is 226 Å². The van der Waals surface area contributed by atoms with Crippen molar-refractivity contribution in [2.45, 2.75) is 93.3 Å². The van der Waals surface area contributed by atoms with Gasteiger partial charge in [-0.15, -0.1) is 0 Å². The number of anilines is 3. The van der Waals surface area contributed by atoms with Crippen LogP contribution >= 0.6 is 0 Å². The first-order valence-corrected chi connectivity index (χ1v) is 27.0. The number of rotatable bonds is 4. The molecule has 8 aromatic carbocycles. The minimum atomic E-state index is -0.434. The molecule has 0 amide bonds. The summed E-state index contributed by atoms with van der Waals surface area (Å²) >= 11 is 0. The van der Waals surface area contributed by atoms with Crippen molar-refractivity contribution in [2.24, 2.45) is 29.1 Å². The van der Waals surface area contributed by atoms with Crippen LogP contribution in [-0.2, 0) is 5.41 Å². The number of nitrogens with zero attached hydrogens (tertiary/aromatic N) is 1.